The Bertz CT molecular complexity index is 1230. The molecule has 2 heterocycles. The number of carbonyl (C=O) groups is 4. The smallest absolute Gasteiger partial charge is 0.241 e. The van der Waals surface area contributed by atoms with Crippen LogP contribution >= 0.6 is 0 Å². The number of allylic oxidation sites excluding steroid dienone is 1. The molecule has 6 nitrogen and oxygen atoms in total. The number of imide groups is 2. The lowest BCUT2D eigenvalue weighted by molar-refractivity contribution is -0.125. The van der Waals surface area contributed by atoms with Crippen LogP contribution in [0, 0.1) is 23.7 Å². The van der Waals surface area contributed by atoms with Crippen LogP contribution in [0.25, 0.3) is 0 Å². The molecule has 2 aromatic carbocycles. The summed E-state index contributed by atoms with van der Waals surface area (Å²) in [5.74, 6) is -2.66. The summed E-state index contributed by atoms with van der Waals surface area (Å²) in [6.07, 6.45) is 4.22. The van der Waals surface area contributed by atoms with Crippen molar-refractivity contribution in [2.75, 3.05) is 9.80 Å². The summed E-state index contributed by atoms with van der Waals surface area (Å²) in [4.78, 5) is 55.5. The minimum atomic E-state index is -0.523. The molecule has 0 N–H and O–H groups in total. The third-order valence-corrected chi connectivity index (χ3v) is 7.82. The van der Waals surface area contributed by atoms with E-state index in [1.165, 1.54) is 9.80 Å². The van der Waals surface area contributed by atoms with E-state index in [0.29, 0.717) is 17.8 Å². The summed E-state index contributed by atoms with van der Waals surface area (Å²) >= 11 is 0. The van der Waals surface area contributed by atoms with Crippen LogP contribution < -0.4 is 9.80 Å². The maximum absolute atomic E-state index is 13.4. The first-order chi connectivity index (χ1) is 16.8. The molecule has 0 bridgehead atoms. The Kier molecular flexibility index (Phi) is 5.91. The molecule has 180 valence electrons. The normalized spacial score (nSPS) is 26.4. The van der Waals surface area contributed by atoms with Gasteiger partial charge in [0.15, 0.2) is 0 Å². The van der Waals surface area contributed by atoms with Gasteiger partial charge in [-0.1, -0.05) is 49.8 Å². The van der Waals surface area contributed by atoms with E-state index in [4.69, 9.17) is 0 Å². The monoisotopic (exact) mass is 470 g/mol. The largest absolute Gasteiger partial charge is 0.274 e. The van der Waals surface area contributed by atoms with Crippen molar-refractivity contribution < 1.29 is 19.2 Å². The lowest BCUT2D eigenvalue weighted by Gasteiger charge is -2.29. The number of nitrogens with zero attached hydrogens (tertiary/aromatic N) is 2. The van der Waals surface area contributed by atoms with Crippen LogP contribution in [0.3, 0.4) is 0 Å². The molecule has 0 unspecified atom stereocenters. The van der Waals surface area contributed by atoms with Gasteiger partial charge in [0.05, 0.1) is 29.1 Å². The summed E-state index contributed by atoms with van der Waals surface area (Å²) in [6, 6.07) is 15.0. The number of carbonyl (C=O) groups excluding carboxylic acids is 4. The molecule has 3 aliphatic rings. The van der Waals surface area contributed by atoms with Gasteiger partial charge in [-0.15, -0.1) is 0 Å². The maximum atomic E-state index is 13.4. The third-order valence-electron chi connectivity index (χ3n) is 7.82. The van der Waals surface area contributed by atoms with E-state index in [0.717, 1.165) is 29.5 Å². The molecule has 2 aliphatic heterocycles. The number of benzene rings is 2. The zero-order valence-corrected chi connectivity index (χ0v) is 20.4. The number of hydrogen-bond donors (Lipinski definition) is 0. The van der Waals surface area contributed by atoms with Crippen LogP contribution in [-0.4, -0.2) is 23.6 Å². The molecule has 4 atom stereocenters. The lowest BCUT2D eigenvalue weighted by Crippen LogP contribution is -2.35. The van der Waals surface area contributed by atoms with Crippen molar-refractivity contribution in [2.24, 2.45) is 23.7 Å². The topological polar surface area (TPSA) is 74.8 Å². The van der Waals surface area contributed by atoms with E-state index in [1.807, 2.05) is 61.5 Å². The molecule has 2 aromatic rings. The maximum Gasteiger partial charge on any atom is 0.241 e. The molecule has 2 fully saturated rings. The fraction of sp³-hybridized carbons (Fsp3) is 0.379. The third kappa shape index (κ3) is 3.81. The summed E-state index contributed by atoms with van der Waals surface area (Å²) in [5.41, 5.74) is 4.26. The molecule has 35 heavy (non-hydrogen) atoms. The first-order valence-electron chi connectivity index (χ1n) is 12.4. The zero-order chi connectivity index (χ0) is 24.9. The first-order valence-corrected chi connectivity index (χ1v) is 12.4. The Morgan fingerprint density at radius 1 is 0.714 bits per heavy atom. The fourth-order valence-electron chi connectivity index (χ4n) is 5.84. The average molecular weight is 471 g/mol. The van der Waals surface area contributed by atoms with Gasteiger partial charge in [0, 0.05) is 6.42 Å². The standard InChI is InChI=1S/C29H30N2O4/c1-4-18-6-10-21(11-7-18)30-25(32)16-23(27(30)33)20-14-17(3)26-24(15-20)28(34)31(29(26)35)22-12-8-19(5-2)9-13-22/h6-14,20,23-24,26H,4-5,15-16H2,1-3H3/t20-,23-,24+,26+/m1/s1. The van der Waals surface area contributed by atoms with Crippen LogP contribution in [0.1, 0.15) is 44.7 Å². The van der Waals surface area contributed by atoms with Crippen molar-refractivity contribution in [2.45, 2.75) is 46.5 Å². The highest BCUT2D eigenvalue weighted by atomic mass is 16.2. The minimum absolute atomic E-state index is 0.116. The van der Waals surface area contributed by atoms with E-state index >= 15 is 0 Å². The Hall–Kier alpha value is -3.54. The van der Waals surface area contributed by atoms with Gasteiger partial charge in [-0.05, 0) is 67.5 Å². The number of rotatable bonds is 5. The van der Waals surface area contributed by atoms with Crippen LogP contribution in [0.15, 0.2) is 60.2 Å². The van der Waals surface area contributed by atoms with E-state index in [9.17, 15) is 19.2 Å². The Labute approximate surface area is 205 Å². The van der Waals surface area contributed by atoms with Gasteiger partial charge in [0.1, 0.15) is 0 Å². The second kappa shape index (κ2) is 8.91. The minimum Gasteiger partial charge on any atom is -0.274 e. The molecule has 6 heteroatoms. The molecule has 0 aromatic heterocycles. The van der Waals surface area contributed by atoms with E-state index in [2.05, 4.69) is 13.8 Å². The van der Waals surface area contributed by atoms with Crippen molar-refractivity contribution in [3.8, 4) is 0 Å². The Balaban J connectivity index is 1.38. The highest BCUT2D eigenvalue weighted by Crippen LogP contribution is 2.46. The Morgan fingerprint density at radius 3 is 1.77 bits per heavy atom. The van der Waals surface area contributed by atoms with Gasteiger partial charge >= 0.3 is 0 Å². The molecule has 2 saturated heterocycles. The number of hydrogen-bond acceptors (Lipinski definition) is 4. The van der Waals surface area contributed by atoms with E-state index in [1.54, 1.807) is 0 Å². The summed E-state index contributed by atoms with van der Waals surface area (Å²) in [7, 11) is 0. The number of anilines is 2. The number of aryl methyl sites for hydroxylation is 2. The first kappa shape index (κ1) is 23.2. The van der Waals surface area contributed by atoms with Crippen LogP contribution in [0.5, 0.6) is 0 Å². The summed E-state index contributed by atoms with van der Waals surface area (Å²) < 4.78 is 0. The van der Waals surface area contributed by atoms with Crippen LogP contribution in [0.2, 0.25) is 0 Å². The van der Waals surface area contributed by atoms with E-state index in [-0.39, 0.29) is 36.0 Å². The fourth-order valence-corrected chi connectivity index (χ4v) is 5.84. The van der Waals surface area contributed by atoms with Crippen molar-refractivity contribution >= 4 is 35.0 Å². The average Bonchev–Trinajstić information content (AvgIpc) is 3.31. The van der Waals surface area contributed by atoms with Crippen molar-refractivity contribution in [1.29, 1.82) is 0 Å². The SMILES string of the molecule is CCc1ccc(N2C(=O)[C@H]3C(C)=C[C@@H]([C@H]4CC(=O)N(c5ccc(CC)cc5)C4=O)C[C@@H]3C2=O)cc1. The highest BCUT2D eigenvalue weighted by Gasteiger charge is 2.53. The number of fused-ring (bicyclic) bond motifs is 1. The number of amides is 4. The highest BCUT2D eigenvalue weighted by molar-refractivity contribution is 6.23. The molecule has 4 amide bonds. The van der Waals surface area contributed by atoms with Gasteiger partial charge < -0.3 is 0 Å². The van der Waals surface area contributed by atoms with Gasteiger partial charge in [0.2, 0.25) is 23.6 Å². The molecule has 0 radical (unpaired) electrons. The van der Waals surface area contributed by atoms with Gasteiger partial charge in [-0.2, -0.15) is 0 Å². The van der Waals surface area contributed by atoms with Crippen LogP contribution in [-0.2, 0) is 32.0 Å². The predicted molar refractivity (Wildman–Crippen MR) is 134 cm³/mol. The molecule has 0 saturated carbocycles. The van der Waals surface area contributed by atoms with Gasteiger partial charge in [-0.25, -0.2) is 4.90 Å². The van der Waals surface area contributed by atoms with Gasteiger partial charge in [0.25, 0.3) is 0 Å². The molecule has 0 spiro atoms. The second-order valence-corrected chi connectivity index (χ2v) is 9.82. The van der Waals surface area contributed by atoms with E-state index < -0.39 is 17.8 Å². The second-order valence-electron chi connectivity index (χ2n) is 9.82. The summed E-state index contributed by atoms with van der Waals surface area (Å²) in [5, 5.41) is 0. The van der Waals surface area contributed by atoms with Gasteiger partial charge in [-0.3, -0.25) is 24.1 Å². The molecule has 1 aliphatic carbocycles. The molecular formula is C29H30N2O4. The predicted octanol–water partition coefficient (Wildman–Crippen LogP) is 4.46. The quantitative estimate of drug-likeness (QED) is 0.478. The Morgan fingerprint density at radius 2 is 1.23 bits per heavy atom. The van der Waals surface area contributed by atoms with Crippen molar-refractivity contribution in [1.82, 2.24) is 0 Å². The zero-order valence-electron chi connectivity index (χ0n) is 20.4. The summed E-state index contributed by atoms with van der Waals surface area (Å²) in [6.45, 7) is 5.97. The molecular weight excluding hydrogens is 440 g/mol. The van der Waals surface area contributed by atoms with Crippen molar-refractivity contribution in [3.63, 3.8) is 0 Å². The van der Waals surface area contributed by atoms with Crippen LogP contribution in [0.4, 0.5) is 11.4 Å². The molecule has 5 rings (SSSR count). The lowest BCUT2D eigenvalue weighted by atomic mass is 9.71. The van der Waals surface area contributed by atoms with Crippen molar-refractivity contribution in [3.05, 3.63) is 71.3 Å².